The molecule has 13 heavy (non-hydrogen) atoms. The first kappa shape index (κ1) is 11.0. The molecule has 1 aliphatic carbocycles. The molecule has 0 saturated heterocycles. The lowest BCUT2D eigenvalue weighted by Gasteiger charge is -2.26. The summed E-state index contributed by atoms with van der Waals surface area (Å²) in [5, 5.41) is 0.863. The van der Waals surface area contributed by atoms with Gasteiger partial charge in [0.1, 0.15) is 0 Å². The molecule has 0 N–H and O–H groups in total. The van der Waals surface area contributed by atoms with Gasteiger partial charge in [0.2, 0.25) is 5.91 Å². The van der Waals surface area contributed by atoms with Crippen molar-refractivity contribution in [1.29, 1.82) is 0 Å². The largest absolute Gasteiger partial charge is 0.342 e. The molecule has 0 aromatic carbocycles. The van der Waals surface area contributed by atoms with E-state index in [9.17, 15) is 4.79 Å². The smallest absolute Gasteiger partial charge is 0.225 e. The molecule has 1 atom stereocenters. The van der Waals surface area contributed by atoms with Crippen molar-refractivity contribution in [2.75, 3.05) is 12.4 Å². The number of rotatable bonds is 3. The average molecular weight is 248 g/mol. The van der Waals surface area contributed by atoms with Crippen LogP contribution in [0, 0.1) is 5.92 Å². The minimum Gasteiger partial charge on any atom is -0.342 e. The third-order valence-electron chi connectivity index (χ3n) is 2.94. The van der Waals surface area contributed by atoms with E-state index in [2.05, 4.69) is 22.9 Å². The molecule has 0 aliphatic heterocycles. The predicted molar refractivity (Wildman–Crippen MR) is 58.0 cm³/mol. The zero-order valence-electron chi connectivity index (χ0n) is 8.42. The molecule has 1 rings (SSSR count). The zero-order valence-corrected chi connectivity index (χ0v) is 10.0. The Labute approximate surface area is 88.8 Å². The predicted octanol–water partition coefficient (Wildman–Crippen LogP) is 2.42. The number of hydrogen-bond acceptors (Lipinski definition) is 1. The lowest BCUT2D eigenvalue weighted by Crippen LogP contribution is -2.39. The Bertz CT molecular complexity index is 178. The molecule has 1 unspecified atom stereocenters. The fourth-order valence-corrected chi connectivity index (χ4v) is 2.22. The van der Waals surface area contributed by atoms with Crippen LogP contribution in [0.25, 0.3) is 0 Å². The molecule has 1 fully saturated rings. The summed E-state index contributed by atoms with van der Waals surface area (Å²) in [5.41, 5.74) is 0. The van der Waals surface area contributed by atoms with Crippen LogP contribution in [0.5, 0.6) is 0 Å². The summed E-state index contributed by atoms with van der Waals surface area (Å²) < 4.78 is 0. The number of carbonyl (C=O) groups is 1. The van der Waals surface area contributed by atoms with Gasteiger partial charge in [0.15, 0.2) is 0 Å². The van der Waals surface area contributed by atoms with Gasteiger partial charge in [-0.1, -0.05) is 28.8 Å². The summed E-state index contributed by atoms with van der Waals surface area (Å²) >= 11 is 3.40. The molecule has 2 nitrogen and oxygen atoms in total. The van der Waals surface area contributed by atoms with Crippen molar-refractivity contribution in [1.82, 2.24) is 4.90 Å². The van der Waals surface area contributed by atoms with Crippen molar-refractivity contribution in [2.24, 2.45) is 5.92 Å². The quantitative estimate of drug-likeness (QED) is 0.702. The van der Waals surface area contributed by atoms with Gasteiger partial charge >= 0.3 is 0 Å². The third kappa shape index (κ3) is 2.70. The summed E-state index contributed by atoms with van der Waals surface area (Å²) in [6, 6.07) is 0.313. The lowest BCUT2D eigenvalue weighted by atomic mass is 10.1. The maximum absolute atomic E-state index is 11.9. The van der Waals surface area contributed by atoms with Gasteiger partial charge in [-0.2, -0.15) is 0 Å². The highest BCUT2D eigenvalue weighted by molar-refractivity contribution is 9.09. The first-order chi connectivity index (χ1) is 6.16. The van der Waals surface area contributed by atoms with Crippen LogP contribution in [0.3, 0.4) is 0 Å². The molecule has 0 aromatic rings. The highest BCUT2D eigenvalue weighted by Gasteiger charge is 2.26. The van der Waals surface area contributed by atoms with Gasteiger partial charge < -0.3 is 4.90 Å². The summed E-state index contributed by atoms with van der Waals surface area (Å²) in [6.45, 7) is 2.07. The Hall–Kier alpha value is -0.0500. The first-order valence-electron chi connectivity index (χ1n) is 4.99. The van der Waals surface area contributed by atoms with E-state index in [-0.39, 0.29) is 0 Å². The molecule has 1 aliphatic rings. The van der Waals surface area contributed by atoms with Crippen molar-refractivity contribution in [2.45, 2.75) is 38.6 Å². The van der Waals surface area contributed by atoms with Crippen LogP contribution in [0.4, 0.5) is 0 Å². The van der Waals surface area contributed by atoms with Crippen molar-refractivity contribution in [3.8, 4) is 0 Å². The molecule has 1 saturated carbocycles. The van der Waals surface area contributed by atoms with Crippen LogP contribution < -0.4 is 0 Å². The lowest BCUT2D eigenvalue weighted by molar-refractivity contribution is -0.135. The highest BCUT2D eigenvalue weighted by atomic mass is 79.9. The summed E-state index contributed by atoms with van der Waals surface area (Å²) in [4.78, 5) is 13.7. The van der Waals surface area contributed by atoms with Crippen LogP contribution in [-0.4, -0.2) is 29.2 Å². The second kappa shape index (κ2) is 4.99. The van der Waals surface area contributed by atoms with E-state index in [1.165, 1.54) is 12.8 Å². The minimum absolute atomic E-state index is 0.312. The number of carbonyl (C=O) groups excluding carboxylic acids is 1. The highest BCUT2D eigenvalue weighted by Crippen LogP contribution is 2.26. The third-order valence-corrected chi connectivity index (χ3v) is 3.87. The van der Waals surface area contributed by atoms with Crippen LogP contribution in [0.15, 0.2) is 0 Å². The standard InChI is InChI=1S/C10H18BrNO/c1-8(7-11)12(2)10(13)9-5-3-4-6-9/h8-9H,3-7H2,1-2H3. The Morgan fingerprint density at radius 3 is 2.54 bits per heavy atom. The van der Waals surface area contributed by atoms with Crippen LogP contribution >= 0.6 is 15.9 Å². The van der Waals surface area contributed by atoms with Crippen molar-refractivity contribution in [3.63, 3.8) is 0 Å². The van der Waals surface area contributed by atoms with Crippen molar-refractivity contribution >= 4 is 21.8 Å². The molecular formula is C10H18BrNO. The van der Waals surface area contributed by atoms with Crippen LogP contribution in [-0.2, 0) is 4.79 Å². The minimum atomic E-state index is 0.312. The van der Waals surface area contributed by atoms with E-state index in [4.69, 9.17) is 0 Å². The van der Waals surface area contributed by atoms with Gasteiger partial charge in [-0.15, -0.1) is 0 Å². The van der Waals surface area contributed by atoms with Crippen molar-refractivity contribution in [3.05, 3.63) is 0 Å². The van der Waals surface area contributed by atoms with Gasteiger partial charge in [-0.05, 0) is 19.8 Å². The van der Waals surface area contributed by atoms with E-state index in [0.29, 0.717) is 17.9 Å². The molecule has 0 spiro atoms. The fourth-order valence-electron chi connectivity index (χ4n) is 1.78. The van der Waals surface area contributed by atoms with E-state index < -0.39 is 0 Å². The molecule has 0 radical (unpaired) electrons. The number of hydrogen-bond donors (Lipinski definition) is 0. The van der Waals surface area contributed by atoms with Gasteiger partial charge in [0.05, 0.1) is 0 Å². The maximum Gasteiger partial charge on any atom is 0.225 e. The molecule has 1 amide bonds. The summed E-state index contributed by atoms with van der Waals surface area (Å²) in [7, 11) is 1.91. The SMILES string of the molecule is CC(CBr)N(C)C(=O)C1CCCC1. The maximum atomic E-state index is 11.9. The molecule has 0 heterocycles. The fraction of sp³-hybridized carbons (Fsp3) is 0.900. The van der Waals surface area contributed by atoms with Gasteiger partial charge in [-0.3, -0.25) is 4.79 Å². The van der Waals surface area contributed by atoms with E-state index in [1.54, 1.807) is 0 Å². The second-order valence-electron chi connectivity index (χ2n) is 3.93. The van der Waals surface area contributed by atoms with Gasteiger partial charge in [-0.25, -0.2) is 0 Å². The zero-order chi connectivity index (χ0) is 9.84. The number of halogens is 1. The van der Waals surface area contributed by atoms with Crippen LogP contribution in [0.2, 0.25) is 0 Å². The summed E-state index contributed by atoms with van der Waals surface area (Å²) in [6.07, 6.45) is 4.65. The number of nitrogens with zero attached hydrogens (tertiary/aromatic N) is 1. The van der Waals surface area contributed by atoms with Crippen molar-refractivity contribution < 1.29 is 4.79 Å². The molecule has 0 aromatic heterocycles. The average Bonchev–Trinajstić information content (AvgIpc) is 2.67. The van der Waals surface area contributed by atoms with E-state index >= 15 is 0 Å². The molecule has 0 bridgehead atoms. The Morgan fingerprint density at radius 2 is 2.08 bits per heavy atom. The van der Waals surface area contributed by atoms with Gasteiger partial charge in [0.25, 0.3) is 0 Å². The second-order valence-corrected chi connectivity index (χ2v) is 4.58. The normalized spacial score (nSPS) is 20.2. The monoisotopic (exact) mass is 247 g/mol. The number of alkyl halides is 1. The molecule has 76 valence electrons. The van der Waals surface area contributed by atoms with E-state index in [1.807, 2.05) is 11.9 Å². The topological polar surface area (TPSA) is 20.3 Å². The molecule has 3 heteroatoms. The van der Waals surface area contributed by atoms with E-state index in [0.717, 1.165) is 18.2 Å². The Kier molecular flexibility index (Phi) is 4.23. The summed E-state index contributed by atoms with van der Waals surface area (Å²) in [5.74, 6) is 0.649. The van der Waals surface area contributed by atoms with Crippen LogP contribution in [0.1, 0.15) is 32.6 Å². The Balaban J connectivity index is 2.45. The number of amides is 1. The van der Waals surface area contributed by atoms with Gasteiger partial charge in [0, 0.05) is 24.3 Å². The first-order valence-corrected chi connectivity index (χ1v) is 6.11. The Morgan fingerprint density at radius 1 is 1.54 bits per heavy atom. The molecular weight excluding hydrogens is 230 g/mol.